The number of methoxy groups -OCH3 is 1. The number of para-hydroxylation sites is 1. The molecule has 1 aliphatic rings. The SMILES string of the molecule is CCCN1C(=O)C(=O)/C(=C(\O)c2ccccc2OC)C1c1ccccc1F. The molecule has 1 heterocycles. The highest BCUT2D eigenvalue weighted by Crippen LogP contribution is 2.41. The second-order valence-corrected chi connectivity index (χ2v) is 6.21. The Morgan fingerprint density at radius 1 is 1.15 bits per heavy atom. The lowest BCUT2D eigenvalue weighted by Gasteiger charge is -2.25. The molecule has 0 spiro atoms. The first-order valence-electron chi connectivity index (χ1n) is 8.67. The standard InChI is InChI=1S/C21H20FNO4/c1-3-12-23-18(13-8-4-6-10-15(13)22)17(20(25)21(23)26)19(24)14-9-5-7-11-16(14)27-2/h4-11,18,24H,3,12H2,1-2H3/b19-17-. The highest BCUT2D eigenvalue weighted by molar-refractivity contribution is 6.46. The van der Waals surface area contributed by atoms with Crippen molar-refractivity contribution in [1.82, 2.24) is 4.90 Å². The summed E-state index contributed by atoms with van der Waals surface area (Å²) < 4.78 is 19.8. The van der Waals surface area contributed by atoms with Gasteiger partial charge in [0.15, 0.2) is 0 Å². The van der Waals surface area contributed by atoms with Gasteiger partial charge in [0, 0.05) is 12.1 Å². The first kappa shape index (κ1) is 18.6. The lowest BCUT2D eigenvalue weighted by atomic mass is 9.94. The number of benzene rings is 2. The number of nitrogens with zero attached hydrogens (tertiary/aromatic N) is 1. The Bertz CT molecular complexity index is 922. The molecule has 1 fully saturated rings. The maximum absolute atomic E-state index is 14.5. The van der Waals surface area contributed by atoms with E-state index in [4.69, 9.17) is 4.74 Å². The summed E-state index contributed by atoms with van der Waals surface area (Å²) in [6.45, 7) is 2.13. The molecule has 5 nitrogen and oxygen atoms in total. The number of carbonyl (C=O) groups is 2. The van der Waals surface area contributed by atoms with Gasteiger partial charge in [-0.05, 0) is 24.6 Å². The molecule has 1 atom stereocenters. The average molecular weight is 369 g/mol. The van der Waals surface area contributed by atoms with E-state index in [0.29, 0.717) is 12.2 Å². The molecule has 0 radical (unpaired) electrons. The Balaban J connectivity index is 2.26. The lowest BCUT2D eigenvalue weighted by molar-refractivity contribution is -0.139. The van der Waals surface area contributed by atoms with E-state index in [0.717, 1.165) is 0 Å². The van der Waals surface area contributed by atoms with Gasteiger partial charge in [0.25, 0.3) is 11.7 Å². The van der Waals surface area contributed by atoms with Crippen molar-refractivity contribution in [2.45, 2.75) is 19.4 Å². The van der Waals surface area contributed by atoms with Crippen LogP contribution >= 0.6 is 0 Å². The number of ketones is 1. The van der Waals surface area contributed by atoms with Crippen LogP contribution in [-0.4, -0.2) is 35.4 Å². The minimum Gasteiger partial charge on any atom is -0.507 e. The van der Waals surface area contributed by atoms with Gasteiger partial charge in [0.2, 0.25) is 0 Å². The second-order valence-electron chi connectivity index (χ2n) is 6.21. The zero-order valence-corrected chi connectivity index (χ0v) is 15.1. The Morgan fingerprint density at radius 3 is 2.48 bits per heavy atom. The van der Waals surface area contributed by atoms with Crippen molar-refractivity contribution >= 4 is 17.4 Å². The number of likely N-dealkylation sites (tertiary alicyclic amines) is 1. The van der Waals surface area contributed by atoms with E-state index in [9.17, 15) is 19.1 Å². The van der Waals surface area contributed by atoms with Gasteiger partial charge in [0.05, 0.1) is 24.3 Å². The molecule has 1 amide bonds. The molecule has 1 unspecified atom stereocenters. The highest BCUT2D eigenvalue weighted by atomic mass is 19.1. The van der Waals surface area contributed by atoms with Crippen molar-refractivity contribution in [2.75, 3.05) is 13.7 Å². The van der Waals surface area contributed by atoms with Crippen molar-refractivity contribution in [2.24, 2.45) is 0 Å². The van der Waals surface area contributed by atoms with Crippen LogP contribution in [0.3, 0.4) is 0 Å². The fourth-order valence-electron chi connectivity index (χ4n) is 3.36. The number of amides is 1. The number of halogens is 1. The van der Waals surface area contributed by atoms with Crippen molar-refractivity contribution in [3.63, 3.8) is 0 Å². The zero-order valence-electron chi connectivity index (χ0n) is 15.1. The number of Topliss-reactive ketones (excluding diaryl/α,β-unsaturated/α-hetero) is 1. The van der Waals surface area contributed by atoms with Gasteiger partial charge in [-0.25, -0.2) is 4.39 Å². The van der Waals surface area contributed by atoms with Crippen LogP contribution < -0.4 is 4.74 Å². The minimum absolute atomic E-state index is 0.136. The normalized spacial score (nSPS) is 18.8. The van der Waals surface area contributed by atoms with Gasteiger partial charge in [0.1, 0.15) is 17.3 Å². The second kappa shape index (κ2) is 7.61. The van der Waals surface area contributed by atoms with E-state index in [-0.39, 0.29) is 29.0 Å². The van der Waals surface area contributed by atoms with E-state index in [1.807, 2.05) is 6.92 Å². The third kappa shape index (κ3) is 3.18. The maximum atomic E-state index is 14.5. The topological polar surface area (TPSA) is 66.8 Å². The van der Waals surface area contributed by atoms with Crippen LogP contribution in [0.1, 0.15) is 30.5 Å². The summed E-state index contributed by atoms with van der Waals surface area (Å²) in [7, 11) is 1.44. The molecule has 1 saturated heterocycles. The number of aliphatic hydroxyl groups excluding tert-OH is 1. The molecular weight excluding hydrogens is 349 g/mol. The molecule has 27 heavy (non-hydrogen) atoms. The fraction of sp³-hybridized carbons (Fsp3) is 0.238. The third-order valence-electron chi connectivity index (χ3n) is 4.57. The van der Waals surface area contributed by atoms with Crippen molar-refractivity contribution in [3.05, 3.63) is 71.0 Å². The largest absolute Gasteiger partial charge is 0.507 e. The number of ether oxygens (including phenoxy) is 1. The average Bonchev–Trinajstić information content (AvgIpc) is 2.93. The summed E-state index contributed by atoms with van der Waals surface area (Å²) in [6.07, 6.45) is 0.590. The summed E-state index contributed by atoms with van der Waals surface area (Å²) in [4.78, 5) is 26.6. The van der Waals surface area contributed by atoms with Gasteiger partial charge in [-0.15, -0.1) is 0 Å². The Labute approximate surface area is 156 Å². The zero-order chi connectivity index (χ0) is 19.6. The summed E-state index contributed by atoms with van der Waals surface area (Å²) in [5.41, 5.74) is 0.306. The molecular formula is C21H20FNO4. The first-order valence-corrected chi connectivity index (χ1v) is 8.67. The van der Waals surface area contributed by atoms with Crippen LogP contribution in [0.2, 0.25) is 0 Å². The molecule has 0 saturated carbocycles. The summed E-state index contributed by atoms with van der Waals surface area (Å²) in [5.74, 6) is -2.15. The summed E-state index contributed by atoms with van der Waals surface area (Å²) in [5, 5.41) is 10.9. The fourth-order valence-corrected chi connectivity index (χ4v) is 3.36. The minimum atomic E-state index is -0.990. The van der Waals surface area contributed by atoms with E-state index < -0.39 is 23.5 Å². The molecule has 6 heteroatoms. The molecule has 2 aromatic carbocycles. The van der Waals surface area contributed by atoms with Gasteiger partial charge in [-0.2, -0.15) is 0 Å². The smallest absolute Gasteiger partial charge is 0.295 e. The number of carbonyl (C=O) groups excluding carboxylic acids is 2. The molecule has 140 valence electrons. The number of hydrogen-bond donors (Lipinski definition) is 1. The summed E-state index contributed by atoms with van der Waals surface area (Å²) >= 11 is 0. The van der Waals surface area contributed by atoms with E-state index in [1.54, 1.807) is 30.3 Å². The van der Waals surface area contributed by atoms with Crippen LogP contribution in [-0.2, 0) is 9.59 Å². The van der Waals surface area contributed by atoms with Crippen molar-refractivity contribution < 1.29 is 23.8 Å². The van der Waals surface area contributed by atoms with Crippen LogP contribution in [0.5, 0.6) is 5.75 Å². The summed E-state index contributed by atoms with van der Waals surface area (Å²) in [6, 6.07) is 11.6. The number of aliphatic hydroxyl groups is 1. The highest BCUT2D eigenvalue weighted by Gasteiger charge is 2.46. The lowest BCUT2D eigenvalue weighted by Crippen LogP contribution is -2.30. The van der Waals surface area contributed by atoms with Gasteiger partial charge in [-0.3, -0.25) is 9.59 Å². The van der Waals surface area contributed by atoms with Crippen molar-refractivity contribution in [1.29, 1.82) is 0 Å². The molecule has 0 bridgehead atoms. The van der Waals surface area contributed by atoms with Gasteiger partial charge in [-0.1, -0.05) is 37.3 Å². The Morgan fingerprint density at radius 2 is 1.81 bits per heavy atom. The third-order valence-corrected chi connectivity index (χ3v) is 4.57. The van der Waals surface area contributed by atoms with E-state index >= 15 is 0 Å². The molecule has 1 N–H and O–H groups in total. The van der Waals surface area contributed by atoms with Crippen LogP contribution in [0, 0.1) is 5.82 Å². The van der Waals surface area contributed by atoms with Crippen LogP contribution in [0.15, 0.2) is 54.1 Å². The maximum Gasteiger partial charge on any atom is 0.295 e. The molecule has 0 aromatic heterocycles. The predicted octanol–water partition coefficient (Wildman–Crippen LogP) is 3.67. The van der Waals surface area contributed by atoms with Gasteiger partial charge >= 0.3 is 0 Å². The molecule has 2 aromatic rings. The molecule has 1 aliphatic heterocycles. The Kier molecular flexibility index (Phi) is 5.26. The monoisotopic (exact) mass is 369 g/mol. The van der Waals surface area contributed by atoms with Crippen LogP contribution in [0.4, 0.5) is 4.39 Å². The molecule has 0 aliphatic carbocycles. The van der Waals surface area contributed by atoms with Crippen LogP contribution in [0.25, 0.3) is 5.76 Å². The number of hydrogen-bond acceptors (Lipinski definition) is 4. The Hall–Kier alpha value is -3.15. The van der Waals surface area contributed by atoms with Gasteiger partial charge < -0.3 is 14.7 Å². The first-order chi connectivity index (χ1) is 13.0. The van der Waals surface area contributed by atoms with E-state index in [2.05, 4.69) is 0 Å². The van der Waals surface area contributed by atoms with E-state index in [1.165, 1.54) is 30.2 Å². The van der Waals surface area contributed by atoms with Crippen molar-refractivity contribution in [3.8, 4) is 5.75 Å². The molecule has 3 rings (SSSR count). The predicted molar refractivity (Wildman–Crippen MR) is 98.7 cm³/mol. The number of rotatable bonds is 5. The quantitative estimate of drug-likeness (QED) is 0.496.